The average molecular weight is 277 g/mol. The molecule has 19 heavy (non-hydrogen) atoms. The fourth-order valence-corrected chi connectivity index (χ4v) is 3.42. The third-order valence-corrected chi connectivity index (χ3v) is 4.80. The van der Waals surface area contributed by atoms with E-state index in [1.807, 2.05) is 6.07 Å². The van der Waals surface area contributed by atoms with Gasteiger partial charge in [0.1, 0.15) is 5.76 Å². The smallest absolute Gasteiger partial charge is 0.240 e. The second-order valence-electron chi connectivity index (χ2n) is 4.69. The van der Waals surface area contributed by atoms with E-state index in [0.717, 1.165) is 24.8 Å². The van der Waals surface area contributed by atoms with Crippen molar-refractivity contribution in [2.45, 2.75) is 30.7 Å². The molecule has 0 fully saturated rings. The maximum Gasteiger partial charge on any atom is 0.240 e. The van der Waals surface area contributed by atoms with Crippen molar-refractivity contribution in [2.24, 2.45) is 0 Å². The van der Waals surface area contributed by atoms with Crippen molar-refractivity contribution >= 4 is 10.0 Å². The molecule has 100 valence electrons. The summed E-state index contributed by atoms with van der Waals surface area (Å²) < 4.78 is 32.0. The normalized spacial score (nSPS) is 14.5. The molecule has 0 amide bonds. The van der Waals surface area contributed by atoms with Crippen molar-refractivity contribution in [3.63, 3.8) is 0 Å². The maximum atomic E-state index is 12.2. The number of rotatable bonds is 4. The van der Waals surface area contributed by atoms with E-state index in [2.05, 4.69) is 4.72 Å². The zero-order chi connectivity index (χ0) is 13.3. The van der Waals surface area contributed by atoms with Crippen LogP contribution in [0.3, 0.4) is 0 Å². The van der Waals surface area contributed by atoms with E-state index < -0.39 is 10.0 Å². The van der Waals surface area contributed by atoms with Gasteiger partial charge in [0.25, 0.3) is 0 Å². The summed E-state index contributed by atoms with van der Waals surface area (Å²) in [6, 6.07) is 8.86. The summed E-state index contributed by atoms with van der Waals surface area (Å²) in [6.45, 7) is 0.173. The standard InChI is InChI=1S/C14H15NO3S/c16-19(17,15-10-13-5-2-8-18-13)14-7-6-11-3-1-4-12(11)9-14/h2,5-9,15H,1,3-4,10H2. The SMILES string of the molecule is O=S(=O)(NCc1ccco1)c1ccc2c(c1)CCC2. The van der Waals surface area contributed by atoms with Gasteiger partial charge >= 0.3 is 0 Å². The first-order chi connectivity index (χ1) is 9.15. The zero-order valence-corrected chi connectivity index (χ0v) is 11.2. The maximum absolute atomic E-state index is 12.2. The molecule has 0 aliphatic heterocycles. The van der Waals surface area contributed by atoms with E-state index in [-0.39, 0.29) is 6.54 Å². The first kappa shape index (κ1) is 12.4. The van der Waals surface area contributed by atoms with Gasteiger partial charge in [-0.3, -0.25) is 0 Å². The summed E-state index contributed by atoms with van der Waals surface area (Å²) in [5.74, 6) is 0.602. The molecule has 1 heterocycles. The van der Waals surface area contributed by atoms with Gasteiger partial charge in [-0.2, -0.15) is 0 Å². The molecular formula is C14H15NO3S. The van der Waals surface area contributed by atoms with E-state index >= 15 is 0 Å². The van der Waals surface area contributed by atoms with E-state index in [1.54, 1.807) is 24.3 Å². The molecule has 1 aliphatic rings. The van der Waals surface area contributed by atoms with Gasteiger partial charge in [0.15, 0.2) is 0 Å². The molecule has 2 aromatic rings. The van der Waals surface area contributed by atoms with E-state index in [0.29, 0.717) is 10.7 Å². The molecule has 1 aromatic heterocycles. The first-order valence-corrected chi connectivity index (χ1v) is 7.77. The molecule has 3 rings (SSSR count). The van der Waals surface area contributed by atoms with Crippen LogP contribution >= 0.6 is 0 Å². The van der Waals surface area contributed by atoms with E-state index in [1.165, 1.54) is 11.8 Å². The van der Waals surface area contributed by atoms with E-state index in [4.69, 9.17) is 4.42 Å². The molecule has 1 aromatic carbocycles. The summed E-state index contributed by atoms with van der Waals surface area (Å²) in [6.07, 6.45) is 4.66. The lowest BCUT2D eigenvalue weighted by molar-refractivity contribution is 0.498. The van der Waals surface area contributed by atoms with Crippen LogP contribution in [0.4, 0.5) is 0 Å². The predicted octanol–water partition coefficient (Wildman–Crippen LogP) is 2.25. The van der Waals surface area contributed by atoms with Gasteiger partial charge in [-0.25, -0.2) is 13.1 Å². The Labute approximate surface area is 112 Å². The minimum absolute atomic E-state index is 0.173. The highest BCUT2D eigenvalue weighted by Crippen LogP contribution is 2.24. The minimum Gasteiger partial charge on any atom is -0.468 e. The van der Waals surface area contributed by atoms with E-state index in [9.17, 15) is 8.42 Å². The fourth-order valence-electron chi connectivity index (χ4n) is 2.38. The van der Waals surface area contributed by atoms with Crippen molar-refractivity contribution in [1.82, 2.24) is 4.72 Å². The molecule has 4 nitrogen and oxygen atoms in total. The van der Waals surface area contributed by atoms with Crippen LogP contribution in [0.1, 0.15) is 23.3 Å². The van der Waals surface area contributed by atoms with Gasteiger partial charge in [-0.1, -0.05) is 6.07 Å². The highest BCUT2D eigenvalue weighted by Gasteiger charge is 2.18. The topological polar surface area (TPSA) is 59.3 Å². The van der Waals surface area contributed by atoms with Crippen molar-refractivity contribution in [1.29, 1.82) is 0 Å². The van der Waals surface area contributed by atoms with Crippen molar-refractivity contribution in [3.05, 3.63) is 53.5 Å². The summed E-state index contributed by atoms with van der Waals surface area (Å²) in [4.78, 5) is 0.333. The quantitative estimate of drug-likeness (QED) is 0.932. The Morgan fingerprint density at radius 1 is 1.16 bits per heavy atom. The first-order valence-electron chi connectivity index (χ1n) is 6.29. The molecular weight excluding hydrogens is 262 g/mol. The number of nitrogens with one attached hydrogen (secondary N) is 1. The molecule has 0 atom stereocenters. The Bertz CT molecular complexity index is 675. The summed E-state index contributed by atoms with van der Waals surface area (Å²) >= 11 is 0. The molecule has 0 spiro atoms. The highest BCUT2D eigenvalue weighted by atomic mass is 32.2. The van der Waals surface area contributed by atoms with Crippen molar-refractivity contribution in [3.8, 4) is 0 Å². The fraction of sp³-hybridized carbons (Fsp3) is 0.286. The summed E-state index contributed by atoms with van der Waals surface area (Å²) in [5.41, 5.74) is 2.42. The zero-order valence-electron chi connectivity index (χ0n) is 10.4. The Kier molecular flexibility index (Phi) is 3.16. The molecule has 0 bridgehead atoms. The molecule has 0 saturated carbocycles. The van der Waals surface area contributed by atoms with Crippen LogP contribution in [0.2, 0.25) is 0 Å². The van der Waals surface area contributed by atoms with Gasteiger partial charge < -0.3 is 4.42 Å². The van der Waals surface area contributed by atoms with Gasteiger partial charge in [0.05, 0.1) is 17.7 Å². The number of aryl methyl sites for hydroxylation is 2. The van der Waals surface area contributed by atoms with Crippen LogP contribution in [0.15, 0.2) is 45.9 Å². The van der Waals surface area contributed by atoms with Crippen LogP contribution in [0.5, 0.6) is 0 Å². The van der Waals surface area contributed by atoms with Gasteiger partial charge in [-0.05, 0) is 54.7 Å². The lowest BCUT2D eigenvalue weighted by Gasteiger charge is -2.07. The van der Waals surface area contributed by atoms with Gasteiger partial charge in [0.2, 0.25) is 10.0 Å². The monoisotopic (exact) mass is 277 g/mol. The number of hydrogen-bond acceptors (Lipinski definition) is 3. The predicted molar refractivity (Wildman–Crippen MR) is 71.2 cm³/mol. The largest absolute Gasteiger partial charge is 0.468 e. The number of sulfonamides is 1. The van der Waals surface area contributed by atoms with Crippen LogP contribution in [0.25, 0.3) is 0 Å². The molecule has 0 radical (unpaired) electrons. The van der Waals surface area contributed by atoms with Crippen LogP contribution in [-0.2, 0) is 29.4 Å². The van der Waals surface area contributed by atoms with Gasteiger partial charge in [0, 0.05) is 0 Å². The Morgan fingerprint density at radius 3 is 2.79 bits per heavy atom. The second-order valence-corrected chi connectivity index (χ2v) is 6.45. The Hall–Kier alpha value is -1.59. The lowest BCUT2D eigenvalue weighted by Crippen LogP contribution is -2.23. The average Bonchev–Trinajstić information content (AvgIpc) is 3.06. The number of furan rings is 1. The Balaban J connectivity index is 1.80. The molecule has 5 heteroatoms. The minimum atomic E-state index is -3.47. The van der Waals surface area contributed by atoms with Crippen molar-refractivity contribution < 1.29 is 12.8 Å². The van der Waals surface area contributed by atoms with Gasteiger partial charge in [-0.15, -0.1) is 0 Å². The molecule has 1 N–H and O–H groups in total. The van der Waals surface area contributed by atoms with Crippen LogP contribution in [0, 0.1) is 0 Å². The number of hydrogen-bond donors (Lipinski definition) is 1. The lowest BCUT2D eigenvalue weighted by atomic mass is 10.1. The molecule has 0 unspecified atom stereocenters. The third kappa shape index (κ3) is 2.57. The summed E-state index contributed by atoms with van der Waals surface area (Å²) in [5, 5.41) is 0. The summed E-state index contributed by atoms with van der Waals surface area (Å²) in [7, 11) is -3.47. The van der Waals surface area contributed by atoms with Crippen LogP contribution < -0.4 is 4.72 Å². The van der Waals surface area contributed by atoms with Crippen molar-refractivity contribution in [2.75, 3.05) is 0 Å². The molecule has 1 aliphatic carbocycles. The number of benzene rings is 1. The highest BCUT2D eigenvalue weighted by molar-refractivity contribution is 7.89. The number of fused-ring (bicyclic) bond motifs is 1. The third-order valence-electron chi connectivity index (χ3n) is 3.40. The molecule has 0 saturated heterocycles. The van der Waals surface area contributed by atoms with Crippen LogP contribution in [-0.4, -0.2) is 8.42 Å². The second kappa shape index (κ2) is 4.83. The Morgan fingerprint density at radius 2 is 2.00 bits per heavy atom.